The summed E-state index contributed by atoms with van der Waals surface area (Å²) < 4.78 is 30.3. The molecule has 0 spiro atoms. The molecule has 1 aromatic heterocycles. The number of aryl methyl sites for hydroxylation is 1. The number of halogens is 1. The number of rotatable bonds is 14. The predicted octanol–water partition coefficient (Wildman–Crippen LogP) is 6.70. The molecule has 7 heteroatoms. The van der Waals surface area contributed by atoms with Crippen molar-refractivity contribution in [2.75, 3.05) is 13.2 Å². The monoisotopic (exact) mass is 471 g/mol. The minimum absolute atomic E-state index is 0.195. The Labute approximate surface area is 196 Å². The molecule has 1 atom stereocenters. The Morgan fingerprint density at radius 1 is 1.06 bits per heavy atom. The van der Waals surface area contributed by atoms with Crippen LogP contribution in [0, 0.1) is 5.82 Å². The standard InChI is InChI=1S/C26H32FN2O3P/c1-2-3-4-5-6-9-20-11-13-23(25(27)18-20)22-14-12-21(26-24(22)10-7-16-29-26)19-28-15-8-17-32-33(30)31/h7,10-14,16,18,28H,2-6,8-9,15,17,19H2,1H3/p+1. The van der Waals surface area contributed by atoms with Gasteiger partial charge < -0.3 is 5.32 Å². The summed E-state index contributed by atoms with van der Waals surface area (Å²) in [5.74, 6) is -0.195. The fourth-order valence-corrected chi connectivity index (χ4v) is 4.32. The van der Waals surface area contributed by atoms with Crippen LogP contribution in [0.5, 0.6) is 0 Å². The minimum atomic E-state index is -2.54. The Kier molecular flexibility index (Phi) is 10.4. The van der Waals surface area contributed by atoms with Gasteiger partial charge >= 0.3 is 8.25 Å². The van der Waals surface area contributed by atoms with Crippen LogP contribution in [-0.2, 0) is 22.1 Å². The van der Waals surface area contributed by atoms with E-state index in [1.165, 1.54) is 25.7 Å². The second-order valence-corrected chi connectivity index (χ2v) is 8.99. The fraction of sp³-hybridized carbons (Fsp3) is 0.423. The zero-order valence-corrected chi connectivity index (χ0v) is 20.1. The molecular formula is C26H33FN2O3P+. The normalized spacial score (nSPS) is 11.8. The van der Waals surface area contributed by atoms with Gasteiger partial charge in [0.15, 0.2) is 0 Å². The van der Waals surface area contributed by atoms with E-state index >= 15 is 4.39 Å². The summed E-state index contributed by atoms with van der Waals surface area (Å²) in [6.07, 6.45) is 9.31. The highest BCUT2D eigenvalue weighted by Gasteiger charge is 2.13. The van der Waals surface area contributed by atoms with Crippen molar-refractivity contribution in [2.45, 2.75) is 58.4 Å². The Bertz CT molecular complexity index is 1060. The summed E-state index contributed by atoms with van der Waals surface area (Å²) >= 11 is 0. The molecule has 3 aromatic rings. The van der Waals surface area contributed by atoms with Crippen LogP contribution < -0.4 is 5.32 Å². The number of fused-ring (bicyclic) bond motifs is 1. The molecule has 0 saturated heterocycles. The lowest BCUT2D eigenvalue weighted by Gasteiger charge is -2.13. The summed E-state index contributed by atoms with van der Waals surface area (Å²) in [6, 6.07) is 13.4. The Morgan fingerprint density at radius 2 is 1.88 bits per heavy atom. The molecule has 0 aliphatic carbocycles. The highest BCUT2D eigenvalue weighted by Crippen LogP contribution is 2.32. The first-order valence-electron chi connectivity index (χ1n) is 11.7. The van der Waals surface area contributed by atoms with Gasteiger partial charge in [-0.1, -0.05) is 62.9 Å². The van der Waals surface area contributed by atoms with E-state index in [-0.39, 0.29) is 12.4 Å². The van der Waals surface area contributed by atoms with Crippen LogP contribution in [0.1, 0.15) is 56.6 Å². The van der Waals surface area contributed by atoms with Crippen molar-refractivity contribution in [1.29, 1.82) is 0 Å². The third kappa shape index (κ3) is 7.65. The number of nitrogens with one attached hydrogen (secondary N) is 1. The number of pyridine rings is 1. The van der Waals surface area contributed by atoms with E-state index in [1.807, 2.05) is 36.4 Å². The number of aromatic nitrogens is 1. The second-order valence-electron chi connectivity index (χ2n) is 8.25. The van der Waals surface area contributed by atoms with Crippen molar-refractivity contribution >= 4 is 19.2 Å². The fourth-order valence-electron chi connectivity index (χ4n) is 4.04. The van der Waals surface area contributed by atoms with Crippen molar-refractivity contribution in [3.05, 3.63) is 65.6 Å². The van der Waals surface area contributed by atoms with Gasteiger partial charge in [0.25, 0.3) is 0 Å². The van der Waals surface area contributed by atoms with Gasteiger partial charge in [0.1, 0.15) is 12.4 Å². The third-order valence-electron chi connectivity index (χ3n) is 5.76. The van der Waals surface area contributed by atoms with Crippen LogP contribution in [0.15, 0.2) is 48.7 Å². The minimum Gasteiger partial charge on any atom is -0.313 e. The summed E-state index contributed by atoms with van der Waals surface area (Å²) in [7, 11) is -2.54. The van der Waals surface area contributed by atoms with Gasteiger partial charge in [0.2, 0.25) is 0 Å². The van der Waals surface area contributed by atoms with E-state index in [9.17, 15) is 4.57 Å². The Balaban J connectivity index is 1.70. The van der Waals surface area contributed by atoms with Crippen LogP contribution in [0.3, 0.4) is 0 Å². The van der Waals surface area contributed by atoms with Gasteiger partial charge in [-0.15, -0.1) is 9.42 Å². The van der Waals surface area contributed by atoms with Crippen molar-refractivity contribution < 1.29 is 18.4 Å². The van der Waals surface area contributed by atoms with Gasteiger partial charge in [-0.25, -0.2) is 4.39 Å². The lowest BCUT2D eigenvalue weighted by molar-refractivity contribution is 0.276. The number of hydrogen-bond acceptors (Lipinski definition) is 4. The van der Waals surface area contributed by atoms with Gasteiger partial charge in [0, 0.05) is 28.3 Å². The first kappa shape index (κ1) is 25.4. The summed E-state index contributed by atoms with van der Waals surface area (Å²) in [5, 5.41) is 4.23. The Morgan fingerprint density at radius 3 is 2.67 bits per heavy atom. The molecule has 5 nitrogen and oxygen atoms in total. The van der Waals surface area contributed by atoms with Gasteiger partial charge in [-0.05, 0) is 54.6 Å². The van der Waals surface area contributed by atoms with E-state index in [0.29, 0.717) is 25.1 Å². The van der Waals surface area contributed by atoms with E-state index in [0.717, 1.165) is 40.4 Å². The second kappa shape index (κ2) is 13.5. The van der Waals surface area contributed by atoms with E-state index in [4.69, 9.17) is 4.89 Å². The van der Waals surface area contributed by atoms with E-state index in [1.54, 1.807) is 12.3 Å². The molecular weight excluding hydrogens is 438 g/mol. The highest BCUT2D eigenvalue weighted by molar-refractivity contribution is 7.32. The molecule has 2 aromatic carbocycles. The molecule has 1 unspecified atom stereocenters. The zero-order chi connectivity index (χ0) is 23.5. The summed E-state index contributed by atoms with van der Waals surface area (Å²) in [4.78, 5) is 13.2. The predicted molar refractivity (Wildman–Crippen MR) is 132 cm³/mol. The van der Waals surface area contributed by atoms with Crippen LogP contribution in [-0.4, -0.2) is 23.0 Å². The molecule has 33 heavy (non-hydrogen) atoms. The molecule has 0 aliphatic rings. The quantitative estimate of drug-likeness (QED) is 0.202. The molecule has 0 bridgehead atoms. The number of hydrogen-bond donors (Lipinski definition) is 2. The van der Waals surface area contributed by atoms with Crippen LogP contribution in [0.25, 0.3) is 22.0 Å². The van der Waals surface area contributed by atoms with Gasteiger partial charge in [-0.2, -0.15) is 0 Å². The molecule has 0 radical (unpaired) electrons. The topological polar surface area (TPSA) is 71.5 Å². The van der Waals surface area contributed by atoms with Crippen LogP contribution in [0.2, 0.25) is 0 Å². The first-order chi connectivity index (χ1) is 16.1. The zero-order valence-electron chi connectivity index (χ0n) is 19.2. The van der Waals surface area contributed by atoms with Crippen molar-refractivity contribution in [1.82, 2.24) is 10.3 Å². The average Bonchev–Trinajstić information content (AvgIpc) is 2.81. The maximum absolute atomic E-state index is 15.1. The molecule has 0 fully saturated rings. The van der Waals surface area contributed by atoms with Crippen molar-refractivity contribution in [3.8, 4) is 11.1 Å². The van der Waals surface area contributed by atoms with Crippen molar-refractivity contribution in [2.24, 2.45) is 0 Å². The van der Waals surface area contributed by atoms with Gasteiger partial charge in [0.05, 0.1) is 5.52 Å². The lowest BCUT2D eigenvalue weighted by Crippen LogP contribution is -2.16. The molecule has 0 saturated carbocycles. The van der Waals surface area contributed by atoms with Crippen molar-refractivity contribution in [3.63, 3.8) is 0 Å². The molecule has 0 amide bonds. The summed E-state index contributed by atoms with van der Waals surface area (Å²) in [6.45, 7) is 3.68. The summed E-state index contributed by atoms with van der Waals surface area (Å²) in [5.41, 5.74) is 4.35. The number of nitrogens with zero attached hydrogens (tertiary/aromatic N) is 1. The maximum atomic E-state index is 15.1. The highest BCUT2D eigenvalue weighted by atomic mass is 31.1. The molecule has 0 aliphatic heterocycles. The molecule has 1 heterocycles. The maximum Gasteiger partial charge on any atom is 0.694 e. The van der Waals surface area contributed by atoms with E-state index < -0.39 is 8.25 Å². The van der Waals surface area contributed by atoms with E-state index in [2.05, 4.69) is 21.7 Å². The molecule has 2 N–H and O–H groups in total. The first-order valence-corrected chi connectivity index (χ1v) is 12.9. The van der Waals surface area contributed by atoms with Crippen LogP contribution in [0.4, 0.5) is 4.39 Å². The smallest absolute Gasteiger partial charge is 0.313 e. The Hall–Kier alpha value is -2.24. The van der Waals surface area contributed by atoms with Crippen LogP contribution >= 0.6 is 8.25 Å². The average molecular weight is 472 g/mol. The largest absolute Gasteiger partial charge is 0.694 e. The molecule has 176 valence electrons. The molecule has 3 rings (SSSR count). The lowest BCUT2D eigenvalue weighted by atomic mass is 9.95. The SMILES string of the molecule is CCCCCCCc1ccc(-c2ccc(CNCCCO[P+](=O)O)c3ncccc23)c(F)c1. The van der Waals surface area contributed by atoms with Gasteiger partial charge in [-0.3, -0.25) is 4.98 Å². The third-order valence-corrected chi connectivity index (χ3v) is 6.16. The number of unbranched alkanes of at least 4 members (excludes halogenated alkanes) is 4. The number of benzene rings is 2.